The molecule has 1 rings (SSSR count). The molecule has 1 aromatic carbocycles. The predicted octanol–water partition coefficient (Wildman–Crippen LogP) is 1.05. The Morgan fingerprint density at radius 2 is 2.36 bits per heavy atom. The van der Waals surface area contributed by atoms with Crippen LogP contribution in [0.25, 0.3) is 0 Å². The number of amides is 2. The Balaban J connectivity index is 2.80. The van der Waals surface area contributed by atoms with E-state index in [0.29, 0.717) is 10.6 Å². The molecular formula is C8H8ClN3O2. The molecule has 0 aliphatic carbocycles. The van der Waals surface area contributed by atoms with E-state index in [1.54, 1.807) is 0 Å². The van der Waals surface area contributed by atoms with E-state index in [1.165, 1.54) is 24.4 Å². The highest BCUT2D eigenvalue weighted by Gasteiger charge is 1.98. The molecule has 0 spiro atoms. The van der Waals surface area contributed by atoms with Crippen LogP contribution in [0.15, 0.2) is 23.3 Å². The number of primary amides is 1. The average molecular weight is 214 g/mol. The van der Waals surface area contributed by atoms with Crippen molar-refractivity contribution in [2.45, 2.75) is 0 Å². The molecule has 0 atom stereocenters. The Labute approximate surface area is 85.2 Å². The van der Waals surface area contributed by atoms with Gasteiger partial charge in [0.05, 0.1) is 6.21 Å². The van der Waals surface area contributed by atoms with E-state index in [-0.39, 0.29) is 5.75 Å². The number of benzene rings is 1. The van der Waals surface area contributed by atoms with Gasteiger partial charge in [0.15, 0.2) is 0 Å². The SMILES string of the molecule is NC(=O)N/N=C\c1cc(Cl)ccc1O. The summed E-state index contributed by atoms with van der Waals surface area (Å²) in [4.78, 5) is 10.3. The molecule has 4 N–H and O–H groups in total. The van der Waals surface area contributed by atoms with Gasteiger partial charge in [-0.15, -0.1) is 0 Å². The highest BCUT2D eigenvalue weighted by atomic mass is 35.5. The highest BCUT2D eigenvalue weighted by molar-refractivity contribution is 6.30. The molecule has 0 aromatic heterocycles. The number of hydrogen-bond donors (Lipinski definition) is 3. The lowest BCUT2D eigenvalue weighted by Gasteiger charge is -1.98. The van der Waals surface area contributed by atoms with Crippen molar-refractivity contribution in [3.8, 4) is 5.75 Å². The first kappa shape index (κ1) is 10.3. The Morgan fingerprint density at radius 1 is 1.64 bits per heavy atom. The van der Waals surface area contributed by atoms with Crippen LogP contribution < -0.4 is 11.2 Å². The summed E-state index contributed by atoms with van der Waals surface area (Å²) in [7, 11) is 0. The number of nitrogens with two attached hydrogens (primary N) is 1. The summed E-state index contributed by atoms with van der Waals surface area (Å²) < 4.78 is 0. The number of phenols is 1. The molecule has 2 amide bonds. The number of aromatic hydroxyl groups is 1. The summed E-state index contributed by atoms with van der Waals surface area (Å²) in [5.74, 6) is 0.0180. The number of rotatable bonds is 2. The monoisotopic (exact) mass is 213 g/mol. The number of hydrogen-bond acceptors (Lipinski definition) is 3. The van der Waals surface area contributed by atoms with Gasteiger partial charge in [-0.25, -0.2) is 10.2 Å². The Morgan fingerprint density at radius 3 is 3.00 bits per heavy atom. The quantitative estimate of drug-likeness (QED) is 0.507. The first-order valence-electron chi connectivity index (χ1n) is 3.66. The lowest BCUT2D eigenvalue weighted by atomic mass is 10.2. The van der Waals surface area contributed by atoms with Crippen molar-refractivity contribution < 1.29 is 9.90 Å². The molecule has 0 saturated carbocycles. The maximum Gasteiger partial charge on any atom is 0.332 e. The Bertz CT molecular complexity index is 379. The fourth-order valence-corrected chi connectivity index (χ4v) is 0.975. The number of urea groups is 1. The van der Waals surface area contributed by atoms with Gasteiger partial charge in [0, 0.05) is 10.6 Å². The molecular weight excluding hydrogens is 206 g/mol. The van der Waals surface area contributed by atoms with Crippen LogP contribution in [0.1, 0.15) is 5.56 Å². The molecule has 0 heterocycles. The van der Waals surface area contributed by atoms with E-state index in [9.17, 15) is 9.90 Å². The zero-order chi connectivity index (χ0) is 10.6. The largest absolute Gasteiger partial charge is 0.507 e. The normalized spacial score (nSPS) is 10.4. The number of carbonyl (C=O) groups is 1. The fraction of sp³-hybridized carbons (Fsp3) is 0. The van der Waals surface area contributed by atoms with Gasteiger partial charge < -0.3 is 10.8 Å². The van der Waals surface area contributed by atoms with Gasteiger partial charge in [-0.05, 0) is 18.2 Å². The predicted molar refractivity (Wildman–Crippen MR) is 53.4 cm³/mol. The fourth-order valence-electron chi connectivity index (χ4n) is 0.794. The minimum Gasteiger partial charge on any atom is -0.507 e. The van der Waals surface area contributed by atoms with Crippen molar-refractivity contribution in [3.63, 3.8) is 0 Å². The van der Waals surface area contributed by atoms with Crippen LogP contribution in [0.3, 0.4) is 0 Å². The highest BCUT2D eigenvalue weighted by Crippen LogP contribution is 2.19. The van der Waals surface area contributed by atoms with E-state index >= 15 is 0 Å². The summed E-state index contributed by atoms with van der Waals surface area (Å²) in [5.41, 5.74) is 7.16. The number of carbonyl (C=O) groups excluding carboxylic acids is 1. The van der Waals surface area contributed by atoms with Crippen LogP contribution in [0.2, 0.25) is 5.02 Å². The molecule has 14 heavy (non-hydrogen) atoms. The van der Waals surface area contributed by atoms with Crippen LogP contribution in [-0.2, 0) is 0 Å². The zero-order valence-corrected chi connectivity index (χ0v) is 7.82. The van der Waals surface area contributed by atoms with Crippen molar-refractivity contribution in [2.75, 3.05) is 0 Å². The standard InChI is InChI=1S/C8H8ClN3O2/c9-6-1-2-7(13)5(3-6)4-11-12-8(10)14/h1-4,13H,(H3,10,12,14)/b11-4-. The Hall–Kier alpha value is -1.75. The molecule has 74 valence electrons. The first-order valence-corrected chi connectivity index (χ1v) is 4.04. The maximum atomic E-state index is 10.3. The van der Waals surface area contributed by atoms with Gasteiger partial charge in [-0.1, -0.05) is 11.6 Å². The van der Waals surface area contributed by atoms with Crippen molar-refractivity contribution in [1.29, 1.82) is 0 Å². The molecule has 6 heteroatoms. The van der Waals surface area contributed by atoms with Gasteiger partial charge in [-0.2, -0.15) is 5.10 Å². The summed E-state index contributed by atoms with van der Waals surface area (Å²) >= 11 is 5.67. The summed E-state index contributed by atoms with van der Waals surface area (Å²) in [5, 5.41) is 13.2. The van der Waals surface area contributed by atoms with E-state index in [0.717, 1.165) is 0 Å². The second kappa shape index (κ2) is 4.48. The lowest BCUT2D eigenvalue weighted by molar-refractivity contribution is 0.249. The third-order valence-corrected chi connectivity index (χ3v) is 1.60. The van der Waals surface area contributed by atoms with Gasteiger partial charge in [0.1, 0.15) is 5.75 Å². The third-order valence-electron chi connectivity index (χ3n) is 1.37. The number of phenolic OH excluding ortho intramolecular Hbond substituents is 1. The van der Waals surface area contributed by atoms with Gasteiger partial charge in [0.25, 0.3) is 0 Å². The topological polar surface area (TPSA) is 87.7 Å². The number of hydrazone groups is 1. The van der Waals surface area contributed by atoms with Gasteiger partial charge in [-0.3, -0.25) is 0 Å². The first-order chi connectivity index (χ1) is 6.59. The molecule has 0 saturated heterocycles. The summed E-state index contributed by atoms with van der Waals surface area (Å²) in [6, 6.07) is 3.69. The minimum absolute atomic E-state index is 0.0180. The number of halogens is 1. The van der Waals surface area contributed by atoms with Crippen LogP contribution in [0.4, 0.5) is 4.79 Å². The van der Waals surface area contributed by atoms with Crippen molar-refractivity contribution in [1.82, 2.24) is 5.43 Å². The van der Waals surface area contributed by atoms with E-state index in [2.05, 4.69) is 5.10 Å². The summed E-state index contributed by atoms with van der Waals surface area (Å²) in [6.07, 6.45) is 1.24. The minimum atomic E-state index is -0.775. The molecule has 0 unspecified atom stereocenters. The lowest BCUT2D eigenvalue weighted by Crippen LogP contribution is -2.24. The van der Waals surface area contributed by atoms with Crippen molar-refractivity contribution in [3.05, 3.63) is 28.8 Å². The second-order valence-corrected chi connectivity index (χ2v) is 2.87. The van der Waals surface area contributed by atoms with Crippen LogP contribution >= 0.6 is 11.6 Å². The number of nitrogens with zero attached hydrogens (tertiary/aromatic N) is 1. The molecule has 0 radical (unpaired) electrons. The second-order valence-electron chi connectivity index (χ2n) is 2.44. The van der Waals surface area contributed by atoms with E-state index < -0.39 is 6.03 Å². The van der Waals surface area contributed by atoms with Gasteiger partial charge >= 0.3 is 6.03 Å². The average Bonchev–Trinajstić information content (AvgIpc) is 2.10. The third kappa shape index (κ3) is 2.95. The van der Waals surface area contributed by atoms with Crippen LogP contribution in [-0.4, -0.2) is 17.4 Å². The molecule has 0 aliphatic rings. The van der Waals surface area contributed by atoms with Crippen LogP contribution in [0, 0.1) is 0 Å². The van der Waals surface area contributed by atoms with Crippen molar-refractivity contribution in [2.24, 2.45) is 10.8 Å². The molecule has 1 aromatic rings. The number of nitrogens with one attached hydrogen (secondary N) is 1. The van der Waals surface area contributed by atoms with Crippen LogP contribution in [0.5, 0.6) is 5.75 Å². The van der Waals surface area contributed by atoms with E-state index in [4.69, 9.17) is 17.3 Å². The van der Waals surface area contributed by atoms with Gasteiger partial charge in [0.2, 0.25) is 0 Å². The smallest absolute Gasteiger partial charge is 0.332 e. The van der Waals surface area contributed by atoms with Crippen molar-refractivity contribution >= 4 is 23.8 Å². The molecule has 0 fully saturated rings. The molecule has 0 aliphatic heterocycles. The molecule has 5 nitrogen and oxygen atoms in total. The van der Waals surface area contributed by atoms with E-state index in [1.807, 2.05) is 5.43 Å². The maximum absolute atomic E-state index is 10.3. The Kier molecular flexibility index (Phi) is 3.30. The summed E-state index contributed by atoms with van der Waals surface area (Å²) in [6.45, 7) is 0. The zero-order valence-electron chi connectivity index (χ0n) is 7.07. The molecule has 0 bridgehead atoms.